The molecule has 2 nitrogen and oxygen atoms in total. The van der Waals surface area contributed by atoms with Gasteiger partial charge in [0.15, 0.2) is 0 Å². The van der Waals surface area contributed by atoms with Crippen LogP contribution in [0, 0.1) is 5.92 Å². The van der Waals surface area contributed by atoms with Gasteiger partial charge in [0, 0.05) is 11.9 Å². The van der Waals surface area contributed by atoms with Crippen molar-refractivity contribution in [3.63, 3.8) is 0 Å². The van der Waals surface area contributed by atoms with Crippen molar-refractivity contribution in [3.05, 3.63) is 29.8 Å². The van der Waals surface area contributed by atoms with Crippen LogP contribution in [-0.4, -0.2) is 31.8 Å². The number of halogens is 4. The molecule has 0 spiro atoms. The minimum Gasteiger partial charge on any atom is -0.497 e. The van der Waals surface area contributed by atoms with E-state index in [-0.39, 0.29) is 6.61 Å². The molecule has 0 aliphatic heterocycles. The third-order valence-electron chi connectivity index (χ3n) is 3.04. The Morgan fingerprint density at radius 3 is 2.67 bits per heavy atom. The van der Waals surface area contributed by atoms with Gasteiger partial charge in [0.2, 0.25) is 0 Å². The topological polar surface area (TPSA) is 18.5 Å². The maximum atomic E-state index is 11.9. The van der Waals surface area contributed by atoms with Gasteiger partial charge in [0.05, 0.1) is 7.11 Å². The molecule has 0 saturated heterocycles. The van der Waals surface area contributed by atoms with Crippen LogP contribution in [0.1, 0.15) is 18.4 Å². The molecule has 1 unspecified atom stereocenters. The highest BCUT2D eigenvalue weighted by Gasteiger charge is 2.27. The maximum Gasteiger partial charge on any atom is 0.411 e. The number of alkyl halides is 4. The van der Waals surface area contributed by atoms with Gasteiger partial charge < -0.3 is 9.47 Å². The molecule has 0 radical (unpaired) electrons. The standard InChI is InChI=1S/C15H20BrF3O2/c1-20-14-6-2-4-12(9-14)8-13(10-16)5-3-7-21-11-15(17,18)19/h2,4,6,9,13H,3,5,7-8,10-11H2,1H3. The van der Waals surface area contributed by atoms with Crippen LogP contribution in [0.2, 0.25) is 0 Å². The van der Waals surface area contributed by atoms with E-state index >= 15 is 0 Å². The number of ether oxygens (including phenoxy) is 2. The summed E-state index contributed by atoms with van der Waals surface area (Å²) < 4.78 is 45.6. The van der Waals surface area contributed by atoms with Crippen molar-refractivity contribution in [2.45, 2.75) is 25.4 Å². The molecule has 0 saturated carbocycles. The van der Waals surface area contributed by atoms with Gasteiger partial charge in [-0.15, -0.1) is 0 Å². The highest BCUT2D eigenvalue weighted by atomic mass is 79.9. The number of rotatable bonds is 9. The molecule has 0 bridgehead atoms. The third kappa shape index (κ3) is 8.31. The van der Waals surface area contributed by atoms with Crippen LogP contribution < -0.4 is 4.74 Å². The van der Waals surface area contributed by atoms with Gasteiger partial charge in [-0.2, -0.15) is 13.2 Å². The second-order valence-electron chi connectivity index (χ2n) is 4.89. The molecule has 1 aromatic rings. The predicted molar refractivity (Wildman–Crippen MR) is 80.1 cm³/mol. The first-order valence-corrected chi connectivity index (χ1v) is 7.90. The lowest BCUT2D eigenvalue weighted by Crippen LogP contribution is -2.17. The molecule has 1 atom stereocenters. The number of hydrogen-bond acceptors (Lipinski definition) is 2. The molecule has 0 aliphatic carbocycles. The molecular weight excluding hydrogens is 349 g/mol. The summed E-state index contributed by atoms with van der Waals surface area (Å²) in [6.07, 6.45) is -1.94. The van der Waals surface area contributed by atoms with Crippen LogP contribution in [0.25, 0.3) is 0 Å². The Morgan fingerprint density at radius 1 is 1.29 bits per heavy atom. The van der Waals surface area contributed by atoms with Gasteiger partial charge in [-0.25, -0.2) is 0 Å². The van der Waals surface area contributed by atoms with Gasteiger partial charge in [-0.05, 0) is 42.9 Å². The SMILES string of the molecule is COc1cccc(CC(CBr)CCCOCC(F)(F)F)c1. The van der Waals surface area contributed by atoms with Gasteiger partial charge in [0.1, 0.15) is 12.4 Å². The molecule has 0 aliphatic rings. The lowest BCUT2D eigenvalue weighted by Gasteiger charge is -2.15. The largest absolute Gasteiger partial charge is 0.497 e. The van der Waals surface area contributed by atoms with Gasteiger partial charge >= 0.3 is 6.18 Å². The molecular formula is C15H20BrF3O2. The molecule has 0 fully saturated rings. The molecule has 1 rings (SSSR count). The number of hydrogen-bond donors (Lipinski definition) is 0. The smallest absolute Gasteiger partial charge is 0.411 e. The van der Waals surface area contributed by atoms with E-state index in [1.807, 2.05) is 24.3 Å². The molecule has 6 heteroatoms. The van der Waals surface area contributed by atoms with Gasteiger partial charge in [-0.3, -0.25) is 0 Å². The van der Waals surface area contributed by atoms with E-state index in [2.05, 4.69) is 20.7 Å². The summed E-state index contributed by atoms with van der Waals surface area (Å²) in [4.78, 5) is 0. The Bertz CT molecular complexity index is 410. The van der Waals surface area contributed by atoms with E-state index in [0.29, 0.717) is 12.3 Å². The van der Waals surface area contributed by atoms with Crippen LogP contribution >= 0.6 is 15.9 Å². The first-order chi connectivity index (χ1) is 9.94. The minimum absolute atomic E-state index is 0.140. The van der Waals surface area contributed by atoms with Crippen molar-refractivity contribution in [1.29, 1.82) is 0 Å². The summed E-state index contributed by atoms with van der Waals surface area (Å²) in [5.74, 6) is 1.18. The van der Waals surface area contributed by atoms with Crippen LogP contribution in [-0.2, 0) is 11.2 Å². The fourth-order valence-corrected chi connectivity index (χ4v) is 2.58. The Kier molecular flexibility index (Phi) is 8.11. The molecule has 0 heterocycles. The van der Waals surface area contributed by atoms with Crippen molar-refractivity contribution >= 4 is 15.9 Å². The van der Waals surface area contributed by atoms with Crippen molar-refractivity contribution in [3.8, 4) is 5.75 Å². The second-order valence-corrected chi connectivity index (χ2v) is 5.53. The number of methoxy groups -OCH3 is 1. The fourth-order valence-electron chi connectivity index (χ4n) is 2.03. The average molecular weight is 369 g/mol. The molecule has 1 aromatic carbocycles. The van der Waals surface area contributed by atoms with E-state index in [4.69, 9.17) is 4.74 Å². The zero-order valence-electron chi connectivity index (χ0n) is 12.0. The van der Waals surface area contributed by atoms with E-state index in [9.17, 15) is 13.2 Å². The summed E-state index contributed by atoms with van der Waals surface area (Å²) in [7, 11) is 1.62. The Labute approximate surface area is 131 Å². The summed E-state index contributed by atoms with van der Waals surface area (Å²) >= 11 is 3.46. The highest BCUT2D eigenvalue weighted by Crippen LogP contribution is 2.20. The Morgan fingerprint density at radius 2 is 2.05 bits per heavy atom. The maximum absolute atomic E-state index is 11.9. The van der Waals surface area contributed by atoms with Crippen LogP contribution in [0.5, 0.6) is 5.75 Å². The predicted octanol–water partition coefficient (Wildman–Crippen LogP) is 4.61. The lowest BCUT2D eigenvalue weighted by atomic mass is 9.96. The first kappa shape index (κ1) is 18.3. The number of benzene rings is 1. The molecule has 0 aromatic heterocycles. The Hall–Kier alpha value is -0.750. The van der Waals surface area contributed by atoms with Gasteiger partial charge in [0.25, 0.3) is 0 Å². The molecule has 0 N–H and O–H groups in total. The monoisotopic (exact) mass is 368 g/mol. The quantitative estimate of drug-likeness (QED) is 0.468. The summed E-state index contributed by atoms with van der Waals surface area (Å²) in [5.41, 5.74) is 1.16. The summed E-state index contributed by atoms with van der Waals surface area (Å²) in [6, 6.07) is 7.83. The highest BCUT2D eigenvalue weighted by molar-refractivity contribution is 9.09. The van der Waals surface area contributed by atoms with E-state index in [1.54, 1.807) is 7.11 Å². The second kappa shape index (κ2) is 9.30. The van der Waals surface area contributed by atoms with Crippen molar-refractivity contribution in [2.24, 2.45) is 5.92 Å². The summed E-state index contributed by atoms with van der Waals surface area (Å²) in [5, 5.41) is 0.809. The van der Waals surface area contributed by atoms with Gasteiger partial charge in [-0.1, -0.05) is 28.1 Å². The van der Waals surface area contributed by atoms with Crippen molar-refractivity contribution in [1.82, 2.24) is 0 Å². The van der Waals surface area contributed by atoms with E-state index in [1.165, 1.54) is 0 Å². The average Bonchev–Trinajstić information content (AvgIpc) is 2.44. The molecule has 120 valence electrons. The molecule has 0 amide bonds. The Balaban J connectivity index is 2.31. The van der Waals surface area contributed by atoms with E-state index in [0.717, 1.165) is 29.5 Å². The third-order valence-corrected chi connectivity index (χ3v) is 3.96. The lowest BCUT2D eigenvalue weighted by molar-refractivity contribution is -0.174. The van der Waals surface area contributed by atoms with Crippen molar-refractivity contribution in [2.75, 3.05) is 25.7 Å². The van der Waals surface area contributed by atoms with E-state index < -0.39 is 12.8 Å². The first-order valence-electron chi connectivity index (χ1n) is 6.78. The zero-order chi connectivity index (χ0) is 15.7. The van der Waals surface area contributed by atoms with Crippen molar-refractivity contribution < 1.29 is 22.6 Å². The van der Waals surface area contributed by atoms with Crippen LogP contribution in [0.4, 0.5) is 13.2 Å². The summed E-state index contributed by atoms with van der Waals surface area (Å²) in [6.45, 7) is -1.02. The molecule has 21 heavy (non-hydrogen) atoms. The van der Waals surface area contributed by atoms with Crippen LogP contribution in [0.15, 0.2) is 24.3 Å². The minimum atomic E-state index is -4.24. The fraction of sp³-hybridized carbons (Fsp3) is 0.600. The van der Waals surface area contributed by atoms with Crippen LogP contribution in [0.3, 0.4) is 0 Å². The normalized spacial score (nSPS) is 13.2. The zero-order valence-corrected chi connectivity index (χ0v) is 13.5.